The lowest BCUT2D eigenvalue weighted by Crippen LogP contribution is -2.39. The van der Waals surface area contributed by atoms with Gasteiger partial charge in [-0.3, -0.25) is 4.79 Å². The van der Waals surface area contributed by atoms with E-state index in [0.717, 1.165) is 0 Å². The van der Waals surface area contributed by atoms with Crippen molar-refractivity contribution in [3.8, 4) is 0 Å². The van der Waals surface area contributed by atoms with E-state index >= 15 is 0 Å². The Morgan fingerprint density at radius 3 is 2.77 bits per heavy atom. The number of aromatic nitrogens is 1. The average molecular weight is 296 g/mol. The van der Waals surface area contributed by atoms with Crippen LogP contribution in [0.5, 0.6) is 0 Å². The molecule has 0 fully saturated rings. The molecule has 0 saturated heterocycles. The molecule has 0 spiro atoms. The number of hydrogen-bond acceptors (Lipinski definition) is 4. The minimum absolute atomic E-state index is 0.0705. The SMILES string of the molecule is O=C(C=C(O)c1ccn(Cc2ccccc2)c1)N1C=CNN1. The first kappa shape index (κ1) is 14.0. The average Bonchev–Trinajstić information content (AvgIpc) is 3.19. The second-order valence-electron chi connectivity index (χ2n) is 4.87. The van der Waals surface area contributed by atoms with Gasteiger partial charge in [-0.15, -0.1) is 5.53 Å². The summed E-state index contributed by atoms with van der Waals surface area (Å²) in [6.07, 6.45) is 7.96. The summed E-state index contributed by atoms with van der Waals surface area (Å²) in [5, 5.41) is 11.3. The molecule has 2 aromatic rings. The highest BCUT2D eigenvalue weighted by molar-refractivity contribution is 5.94. The molecular weight excluding hydrogens is 280 g/mol. The zero-order valence-corrected chi connectivity index (χ0v) is 11.8. The van der Waals surface area contributed by atoms with Crippen LogP contribution in [0.2, 0.25) is 0 Å². The lowest BCUT2D eigenvalue weighted by atomic mass is 10.2. The van der Waals surface area contributed by atoms with Crippen molar-refractivity contribution in [1.82, 2.24) is 20.5 Å². The van der Waals surface area contributed by atoms with Crippen molar-refractivity contribution in [2.24, 2.45) is 0 Å². The van der Waals surface area contributed by atoms with Gasteiger partial charge in [0.15, 0.2) is 0 Å². The number of aliphatic hydroxyl groups excluding tert-OH is 1. The van der Waals surface area contributed by atoms with Crippen molar-refractivity contribution in [2.45, 2.75) is 6.54 Å². The van der Waals surface area contributed by atoms with Gasteiger partial charge in [0, 0.05) is 43.0 Å². The van der Waals surface area contributed by atoms with E-state index in [9.17, 15) is 9.90 Å². The molecule has 3 rings (SSSR count). The van der Waals surface area contributed by atoms with E-state index in [1.165, 1.54) is 22.8 Å². The fraction of sp³-hybridized carbons (Fsp3) is 0.0625. The van der Waals surface area contributed by atoms with E-state index in [1.54, 1.807) is 18.5 Å². The summed E-state index contributed by atoms with van der Waals surface area (Å²) in [6.45, 7) is 0.711. The number of nitrogens with zero attached hydrogens (tertiary/aromatic N) is 2. The van der Waals surface area contributed by atoms with E-state index in [2.05, 4.69) is 11.0 Å². The maximum atomic E-state index is 11.9. The number of hydrazine groups is 2. The molecule has 1 aliphatic heterocycles. The van der Waals surface area contributed by atoms with Crippen LogP contribution < -0.4 is 11.0 Å². The molecule has 6 nitrogen and oxygen atoms in total. The first-order valence-electron chi connectivity index (χ1n) is 6.84. The molecule has 1 amide bonds. The first-order valence-corrected chi connectivity index (χ1v) is 6.84. The fourth-order valence-electron chi connectivity index (χ4n) is 2.14. The van der Waals surface area contributed by atoms with Crippen molar-refractivity contribution in [1.29, 1.82) is 0 Å². The van der Waals surface area contributed by atoms with Gasteiger partial charge in [-0.2, -0.15) is 0 Å². The van der Waals surface area contributed by atoms with Crippen molar-refractivity contribution >= 4 is 11.7 Å². The standard InChI is InChI=1S/C16H16N4O2/c21-15(10-16(22)20-9-7-17-18-20)14-6-8-19(12-14)11-13-4-2-1-3-5-13/h1-10,12,17-18,21H,11H2. The van der Waals surface area contributed by atoms with Crippen LogP contribution in [0, 0.1) is 0 Å². The Morgan fingerprint density at radius 1 is 1.23 bits per heavy atom. The molecular formula is C16H16N4O2. The molecule has 1 aromatic carbocycles. The number of hydrogen-bond donors (Lipinski definition) is 3. The van der Waals surface area contributed by atoms with Gasteiger partial charge in [-0.1, -0.05) is 30.3 Å². The fourth-order valence-corrected chi connectivity index (χ4v) is 2.14. The first-order chi connectivity index (χ1) is 10.7. The summed E-state index contributed by atoms with van der Waals surface area (Å²) in [4.78, 5) is 11.9. The molecule has 0 radical (unpaired) electrons. The predicted molar refractivity (Wildman–Crippen MR) is 82.8 cm³/mol. The van der Waals surface area contributed by atoms with Crippen LogP contribution in [0.3, 0.4) is 0 Å². The van der Waals surface area contributed by atoms with E-state index in [0.29, 0.717) is 12.1 Å². The molecule has 2 heterocycles. The lowest BCUT2D eigenvalue weighted by Gasteiger charge is -2.10. The minimum Gasteiger partial charge on any atom is -0.507 e. The number of aliphatic hydroxyl groups is 1. The molecule has 0 saturated carbocycles. The van der Waals surface area contributed by atoms with Crippen LogP contribution in [0.25, 0.3) is 5.76 Å². The van der Waals surface area contributed by atoms with Crippen molar-refractivity contribution in [3.63, 3.8) is 0 Å². The molecule has 22 heavy (non-hydrogen) atoms. The number of rotatable bonds is 4. The van der Waals surface area contributed by atoms with Crippen LogP contribution in [-0.4, -0.2) is 20.6 Å². The van der Waals surface area contributed by atoms with Gasteiger partial charge in [0.05, 0.1) is 0 Å². The number of nitrogens with one attached hydrogen (secondary N) is 2. The highest BCUT2D eigenvalue weighted by Gasteiger charge is 2.12. The minimum atomic E-state index is -0.366. The van der Waals surface area contributed by atoms with E-state index in [-0.39, 0.29) is 11.7 Å². The molecule has 3 N–H and O–H groups in total. The largest absolute Gasteiger partial charge is 0.507 e. The van der Waals surface area contributed by atoms with Crippen molar-refractivity contribution < 1.29 is 9.90 Å². The Kier molecular flexibility index (Phi) is 3.93. The third-order valence-electron chi connectivity index (χ3n) is 3.24. The maximum Gasteiger partial charge on any atom is 0.270 e. The summed E-state index contributed by atoms with van der Waals surface area (Å²) in [7, 11) is 0. The summed E-state index contributed by atoms with van der Waals surface area (Å²) in [5.41, 5.74) is 7.04. The van der Waals surface area contributed by atoms with Crippen LogP contribution in [0.1, 0.15) is 11.1 Å². The molecule has 1 aliphatic rings. The van der Waals surface area contributed by atoms with Crippen LogP contribution in [0.15, 0.2) is 67.3 Å². The molecule has 6 heteroatoms. The third kappa shape index (κ3) is 3.18. The van der Waals surface area contributed by atoms with Crippen LogP contribution in [-0.2, 0) is 11.3 Å². The van der Waals surface area contributed by atoms with Crippen LogP contribution >= 0.6 is 0 Å². The second-order valence-corrected chi connectivity index (χ2v) is 4.87. The summed E-state index contributed by atoms with van der Waals surface area (Å²) in [6, 6.07) is 11.8. The third-order valence-corrected chi connectivity index (χ3v) is 3.24. The zero-order valence-electron chi connectivity index (χ0n) is 11.8. The van der Waals surface area contributed by atoms with Crippen LogP contribution in [0.4, 0.5) is 0 Å². The van der Waals surface area contributed by atoms with Gasteiger partial charge in [-0.05, 0) is 11.6 Å². The Balaban J connectivity index is 1.70. The number of carbonyl (C=O) groups is 1. The Bertz CT molecular complexity index is 719. The molecule has 0 bridgehead atoms. The molecule has 1 aromatic heterocycles. The van der Waals surface area contributed by atoms with Gasteiger partial charge < -0.3 is 15.1 Å². The van der Waals surface area contributed by atoms with Gasteiger partial charge in [0.1, 0.15) is 5.76 Å². The normalized spacial score (nSPS) is 14.2. The zero-order chi connectivity index (χ0) is 15.4. The second kappa shape index (κ2) is 6.19. The van der Waals surface area contributed by atoms with E-state index in [4.69, 9.17) is 0 Å². The number of benzene rings is 1. The van der Waals surface area contributed by atoms with Gasteiger partial charge >= 0.3 is 0 Å². The Morgan fingerprint density at radius 2 is 2.05 bits per heavy atom. The van der Waals surface area contributed by atoms with Gasteiger partial charge in [0.2, 0.25) is 0 Å². The molecule has 0 aliphatic carbocycles. The monoisotopic (exact) mass is 296 g/mol. The summed E-state index contributed by atoms with van der Waals surface area (Å²) >= 11 is 0. The van der Waals surface area contributed by atoms with Crippen molar-refractivity contribution in [3.05, 3.63) is 78.4 Å². The quantitative estimate of drug-likeness (QED) is 0.594. The molecule has 0 atom stereocenters. The molecule has 0 unspecified atom stereocenters. The smallest absolute Gasteiger partial charge is 0.270 e. The number of carbonyl (C=O) groups excluding carboxylic acids is 1. The van der Waals surface area contributed by atoms with Crippen molar-refractivity contribution in [2.75, 3.05) is 0 Å². The van der Waals surface area contributed by atoms with E-state index < -0.39 is 0 Å². The highest BCUT2D eigenvalue weighted by atomic mass is 16.3. The Labute approximate surface area is 127 Å². The summed E-state index contributed by atoms with van der Waals surface area (Å²) < 4.78 is 1.95. The van der Waals surface area contributed by atoms with Gasteiger partial charge in [-0.25, -0.2) is 5.01 Å². The number of amides is 1. The van der Waals surface area contributed by atoms with Gasteiger partial charge in [0.25, 0.3) is 5.91 Å². The summed E-state index contributed by atoms with van der Waals surface area (Å²) in [5.74, 6) is -0.437. The Hall–Kier alpha value is -2.99. The topological polar surface area (TPSA) is 69.5 Å². The van der Waals surface area contributed by atoms with E-state index in [1.807, 2.05) is 41.1 Å². The highest BCUT2D eigenvalue weighted by Crippen LogP contribution is 2.14. The lowest BCUT2D eigenvalue weighted by molar-refractivity contribution is -0.125. The maximum absolute atomic E-state index is 11.9. The molecule has 112 valence electrons. The predicted octanol–water partition coefficient (Wildman–Crippen LogP) is 1.76.